The van der Waals surface area contributed by atoms with E-state index >= 15 is 0 Å². The van der Waals surface area contributed by atoms with Gasteiger partial charge in [0, 0.05) is 4.47 Å². The standard InChI is InChI=1S/C14H19Br2NSi/c1-13(2,3)18(4,5)14(16)12(17-14)10-6-8-11(15)9-7-10/h6-9H,1-5H3. The van der Waals surface area contributed by atoms with Crippen molar-refractivity contribution in [2.75, 3.05) is 0 Å². The first kappa shape index (κ1) is 14.5. The minimum atomic E-state index is -1.55. The molecular weight excluding hydrogens is 370 g/mol. The topological polar surface area (TPSA) is 12.4 Å². The van der Waals surface area contributed by atoms with Crippen LogP contribution in [0.2, 0.25) is 18.1 Å². The quantitative estimate of drug-likeness (QED) is 0.365. The molecule has 1 heterocycles. The molecule has 0 radical (unpaired) electrons. The summed E-state index contributed by atoms with van der Waals surface area (Å²) in [6.45, 7) is 11.8. The van der Waals surface area contributed by atoms with E-state index in [1.807, 2.05) is 0 Å². The highest BCUT2D eigenvalue weighted by Gasteiger charge is 2.62. The first-order chi connectivity index (χ1) is 8.09. The molecule has 2 rings (SSSR count). The van der Waals surface area contributed by atoms with Crippen molar-refractivity contribution in [3.05, 3.63) is 34.3 Å². The van der Waals surface area contributed by atoms with E-state index in [-0.39, 0.29) is 4.07 Å². The molecule has 0 bridgehead atoms. The van der Waals surface area contributed by atoms with Gasteiger partial charge in [0.1, 0.15) is 12.1 Å². The van der Waals surface area contributed by atoms with E-state index in [4.69, 9.17) is 4.99 Å². The van der Waals surface area contributed by atoms with E-state index in [0.717, 1.165) is 4.47 Å². The second-order valence-corrected chi connectivity index (χ2v) is 14.7. The van der Waals surface area contributed by atoms with Crippen LogP contribution in [0.5, 0.6) is 0 Å². The highest BCUT2D eigenvalue weighted by Crippen LogP contribution is 2.55. The van der Waals surface area contributed by atoms with Gasteiger partial charge in [-0.1, -0.05) is 77.9 Å². The van der Waals surface area contributed by atoms with Gasteiger partial charge in [0.05, 0.1) is 5.71 Å². The Morgan fingerprint density at radius 3 is 2.06 bits per heavy atom. The van der Waals surface area contributed by atoms with Gasteiger partial charge in [-0.2, -0.15) is 0 Å². The van der Waals surface area contributed by atoms with Crippen LogP contribution < -0.4 is 0 Å². The van der Waals surface area contributed by atoms with E-state index in [1.165, 1.54) is 11.3 Å². The van der Waals surface area contributed by atoms with E-state index in [0.29, 0.717) is 5.04 Å². The van der Waals surface area contributed by atoms with Crippen molar-refractivity contribution in [1.29, 1.82) is 0 Å². The predicted molar refractivity (Wildman–Crippen MR) is 89.5 cm³/mol. The molecule has 1 aromatic rings. The van der Waals surface area contributed by atoms with Crippen LogP contribution in [0.25, 0.3) is 0 Å². The van der Waals surface area contributed by atoms with E-state index < -0.39 is 8.07 Å². The van der Waals surface area contributed by atoms with Gasteiger partial charge in [-0.3, -0.25) is 4.99 Å². The third-order valence-electron chi connectivity index (χ3n) is 4.35. The molecule has 4 heteroatoms. The molecule has 0 amide bonds. The van der Waals surface area contributed by atoms with Crippen LogP contribution in [0.1, 0.15) is 26.3 Å². The summed E-state index contributed by atoms with van der Waals surface area (Å²) in [5.74, 6) is 0. The van der Waals surface area contributed by atoms with Crippen LogP contribution in [0.15, 0.2) is 33.7 Å². The average Bonchev–Trinajstić information content (AvgIpc) is 2.92. The van der Waals surface area contributed by atoms with Crippen molar-refractivity contribution >= 4 is 45.6 Å². The maximum absolute atomic E-state index is 4.80. The molecule has 0 fully saturated rings. The van der Waals surface area contributed by atoms with E-state index in [9.17, 15) is 0 Å². The first-order valence-electron chi connectivity index (χ1n) is 6.15. The number of alkyl halides is 1. The molecule has 1 atom stereocenters. The Morgan fingerprint density at radius 1 is 1.11 bits per heavy atom. The zero-order valence-corrected chi connectivity index (χ0v) is 15.7. The summed E-state index contributed by atoms with van der Waals surface area (Å²) in [6.07, 6.45) is 0. The SMILES string of the molecule is CC(C)(C)[Si](C)(C)C1(Br)N=C1c1ccc(Br)cc1. The van der Waals surface area contributed by atoms with Crippen LogP contribution in [0.4, 0.5) is 0 Å². The Bertz CT molecular complexity index is 500. The number of hydrogen-bond donors (Lipinski definition) is 0. The van der Waals surface area contributed by atoms with Gasteiger partial charge in [0.2, 0.25) is 0 Å². The molecule has 0 N–H and O–H groups in total. The van der Waals surface area contributed by atoms with Gasteiger partial charge in [-0.15, -0.1) is 0 Å². The lowest BCUT2D eigenvalue weighted by atomic mass is 10.2. The van der Waals surface area contributed by atoms with E-state index in [1.54, 1.807) is 0 Å². The zero-order chi connectivity index (χ0) is 13.8. The van der Waals surface area contributed by atoms with Crippen LogP contribution in [0.3, 0.4) is 0 Å². The van der Waals surface area contributed by atoms with Crippen molar-refractivity contribution in [2.24, 2.45) is 4.99 Å². The first-order valence-corrected chi connectivity index (χ1v) is 10.7. The van der Waals surface area contributed by atoms with Crippen LogP contribution in [-0.2, 0) is 0 Å². The third kappa shape index (κ3) is 2.16. The lowest BCUT2D eigenvalue weighted by molar-refractivity contribution is 0.711. The number of hydrogen-bond acceptors (Lipinski definition) is 1. The molecule has 1 aromatic carbocycles. The monoisotopic (exact) mass is 387 g/mol. The van der Waals surface area contributed by atoms with Crippen LogP contribution >= 0.6 is 31.9 Å². The fourth-order valence-electron chi connectivity index (χ4n) is 1.92. The van der Waals surface area contributed by atoms with Crippen LogP contribution in [0, 0.1) is 0 Å². The fraction of sp³-hybridized carbons (Fsp3) is 0.500. The summed E-state index contributed by atoms with van der Waals surface area (Å²) < 4.78 is 1.03. The lowest BCUT2D eigenvalue weighted by Crippen LogP contribution is -2.51. The average molecular weight is 389 g/mol. The normalized spacial score (nSPS) is 23.8. The molecule has 0 saturated heterocycles. The molecule has 1 aliphatic rings. The van der Waals surface area contributed by atoms with Gasteiger partial charge in [0.15, 0.2) is 0 Å². The number of benzene rings is 1. The maximum atomic E-state index is 4.80. The molecule has 18 heavy (non-hydrogen) atoms. The van der Waals surface area contributed by atoms with Gasteiger partial charge in [-0.25, -0.2) is 0 Å². The van der Waals surface area contributed by atoms with Crippen molar-refractivity contribution in [3.63, 3.8) is 0 Å². The summed E-state index contributed by atoms with van der Waals surface area (Å²) in [5, 5.41) is 0.317. The van der Waals surface area contributed by atoms with Crippen molar-refractivity contribution in [1.82, 2.24) is 0 Å². The van der Waals surface area contributed by atoms with Gasteiger partial charge >= 0.3 is 0 Å². The molecular formula is C14H19Br2NSi. The molecule has 0 aromatic heterocycles. The minimum Gasteiger partial charge on any atom is -0.265 e. The second kappa shape index (κ2) is 4.28. The van der Waals surface area contributed by atoms with Gasteiger partial charge in [-0.05, 0) is 22.7 Å². The van der Waals surface area contributed by atoms with E-state index in [2.05, 4.69) is 90.0 Å². The highest BCUT2D eigenvalue weighted by atomic mass is 79.9. The lowest BCUT2D eigenvalue weighted by Gasteiger charge is -2.40. The molecule has 0 spiro atoms. The molecule has 1 unspecified atom stereocenters. The molecule has 1 aliphatic heterocycles. The zero-order valence-electron chi connectivity index (χ0n) is 11.5. The Kier molecular flexibility index (Phi) is 3.45. The number of halogens is 2. The largest absolute Gasteiger partial charge is 0.265 e. The maximum Gasteiger partial charge on any atom is 0.145 e. The van der Waals surface area contributed by atoms with Crippen LogP contribution in [-0.4, -0.2) is 17.9 Å². The molecule has 0 saturated carbocycles. The summed E-state index contributed by atoms with van der Waals surface area (Å²) in [7, 11) is -1.55. The highest BCUT2D eigenvalue weighted by molar-refractivity contribution is 9.11. The number of nitrogens with zero attached hydrogens (tertiary/aromatic N) is 1. The molecule has 0 aliphatic carbocycles. The number of rotatable bonds is 2. The summed E-state index contributed by atoms with van der Waals surface area (Å²) in [6, 6.07) is 8.43. The summed E-state index contributed by atoms with van der Waals surface area (Å²) in [4.78, 5) is 4.80. The second-order valence-electron chi connectivity index (χ2n) is 6.46. The number of aliphatic imine (C=N–C) groups is 1. The van der Waals surface area contributed by atoms with Crippen molar-refractivity contribution < 1.29 is 0 Å². The Morgan fingerprint density at radius 2 is 1.61 bits per heavy atom. The van der Waals surface area contributed by atoms with Crippen molar-refractivity contribution in [3.8, 4) is 0 Å². The predicted octanol–water partition coefficient (Wildman–Crippen LogP) is 5.39. The third-order valence-corrected chi connectivity index (χ3v) is 14.2. The Balaban J connectivity index is 2.28. The van der Waals surface area contributed by atoms with Gasteiger partial charge < -0.3 is 0 Å². The van der Waals surface area contributed by atoms with Gasteiger partial charge in [0.25, 0.3) is 0 Å². The summed E-state index contributed by atoms with van der Waals surface area (Å²) >= 11 is 7.39. The minimum absolute atomic E-state index is 0.0773. The summed E-state index contributed by atoms with van der Waals surface area (Å²) in [5.41, 5.74) is 2.46. The molecule has 98 valence electrons. The van der Waals surface area contributed by atoms with Crippen molar-refractivity contribution in [2.45, 2.75) is 43.0 Å². The molecule has 1 nitrogen and oxygen atoms in total. The smallest absolute Gasteiger partial charge is 0.145 e. The Hall–Kier alpha value is 0.0669. The fourth-order valence-corrected chi connectivity index (χ4v) is 6.50. The Labute approximate surface area is 127 Å².